The van der Waals surface area contributed by atoms with Gasteiger partial charge in [0.05, 0.1) is 0 Å². The lowest BCUT2D eigenvalue weighted by atomic mass is 9.98. The molecule has 0 radical (unpaired) electrons. The second-order valence-corrected chi connectivity index (χ2v) is 4.42. The largest absolute Gasteiger partial charge is 0.323 e. The van der Waals surface area contributed by atoms with Gasteiger partial charge in [-0.1, -0.05) is 12.1 Å². The molecule has 0 saturated carbocycles. The van der Waals surface area contributed by atoms with Gasteiger partial charge < -0.3 is 5.73 Å². The van der Waals surface area contributed by atoms with Gasteiger partial charge in [0.25, 0.3) is 0 Å². The fourth-order valence-electron chi connectivity index (χ4n) is 1.97. The molecule has 0 saturated heterocycles. The van der Waals surface area contributed by atoms with Gasteiger partial charge in [-0.2, -0.15) is 0 Å². The first-order valence-corrected chi connectivity index (χ1v) is 5.84. The molecule has 2 aromatic rings. The van der Waals surface area contributed by atoms with Gasteiger partial charge in [-0.3, -0.25) is 0 Å². The molecule has 0 spiro atoms. The molecule has 112 valence electrons. The van der Waals surface area contributed by atoms with Gasteiger partial charge in [0.1, 0.15) is 5.82 Å². The summed E-state index contributed by atoms with van der Waals surface area (Å²) in [7, 11) is 0. The van der Waals surface area contributed by atoms with Crippen LogP contribution in [0.2, 0.25) is 0 Å². The zero-order valence-electron chi connectivity index (χ0n) is 10.4. The molecule has 2 rings (SSSR count). The fourth-order valence-corrected chi connectivity index (χ4v) is 1.97. The van der Waals surface area contributed by atoms with Gasteiger partial charge in [0, 0.05) is 11.6 Å². The minimum Gasteiger partial charge on any atom is -0.323 e. The molecule has 0 aliphatic heterocycles. The SMILES string of the molecule is NC(Cc1cccc(F)c1)c1c(F)c(F)c(F)c(F)c1F. The molecule has 0 heterocycles. The van der Waals surface area contributed by atoms with Crippen molar-refractivity contribution in [3.05, 3.63) is 70.3 Å². The lowest BCUT2D eigenvalue weighted by Crippen LogP contribution is -2.20. The minimum atomic E-state index is -2.24. The van der Waals surface area contributed by atoms with Crippen LogP contribution in [0.3, 0.4) is 0 Å². The Morgan fingerprint density at radius 3 is 1.86 bits per heavy atom. The van der Waals surface area contributed by atoms with E-state index in [9.17, 15) is 26.3 Å². The van der Waals surface area contributed by atoms with Crippen molar-refractivity contribution < 1.29 is 26.3 Å². The van der Waals surface area contributed by atoms with Crippen LogP contribution in [-0.2, 0) is 6.42 Å². The van der Waals surface area contributed by atoms with Gasteiger partial charge in [-0.05, 0) is 24.1 Å². The Morgan fingerprint density at radius 1 is 0.810 bits per heavy atom. The first-order chi connectivity index (χ1) is 9.82. The molecule has 1 atom stereocenters. The number of halogens is 6. The summed E-state index contributed by atoms with van der Waals surface area (Å²) in [4.78, 5) is 0. The van der Waals surface area contributed by atoms with Crippen LogP contribution in [-0.4, -0.2) is 0 Å². The van der Waals surface area contributed by atoms with E-state index in [0.29, 0.717) is 0 Å². The second-order valence-electron chi connectivity index (χ2n) is 4.42. The van der Waals surface area contributed by atoms with Crippen LogP contribution < -0.4 is 5.73 Å². The van der Waals surface area contributed by atoms with Crippen molar-refractivity contribution in [2.24, 2.45) is 5.73 Å². The van der Waals surface area contributed by atoms with E-state index >= 15 is 0 Å². The average molecular weight is 305 g/mol. The molecule has 1 unspecified atom stereocenters. The number of hydrogen-bond acceptors (Lipinski definition) is 1. The molecule has 1 nitrogen and oxygen atoms in total. The van der Waals surface area contributed by atoms with Crippen LogP contribution in [0.15, 0.2) is 24.3 Å². The molecular formula is C14H9F6N. The van der Waals surface area contributed by atoms with E-state index in [1.54, 1.807) is 0 Å². The van der Waals surface area contributed by atoms with Crippen molar-refractivity contribution in [3.8, 4) is 0 Å². The van der Waals surface area contributed by atoms with Gasteiger partial charge >= 0.3 is 0 Å². The standard InChI is InChI=1S/C14H9F6N/c15-7-3-1-2-6(4-7)5-8(21)9-10(16)12(18)14(20)13(19)11(9)17/h1-4,8H,5,21H2. The highest BCUT2D eigenvalue weighted by atomic mass is 19.2. The smallest absolute Gasteiger partial charge is 0.200 e. The maximum absolute atomic E-state index is 13.6. The van der Waals surface area contributed by atoms with Crippen molar-refractivity contribution in [3.63, 3.8) is 0 Å². The highest BCUT2D eigenvalue weighted by Crippen LogP contribution is 2.28. The summed E-state index contributed by atoms with van der Waals surface area (Å²) >= 11 is 0. The third-order valence-electron chi connectivity index (χ3n) is 2.96. The third-order valence-corrected chi connectivity index (χ3v) is 2.96. The van der Waals surface area contributed by atoms with Crippen molar-refractivity contribution >= 4 is 0 Å². The quantitative estimate of drug-likeness (QED) is 0.521. The van der Waals surface area contributed by atoms with Gasteiger partial charge in [0.15, 0.2) is 23.3 Å². The lowest BCUT2D eigenvalue weighted by Gasteiger charge is -2.15. The Labute approximate surface area is 116 Å². The average Bonchev–Trinajstić information content (AvgIpc) is 2.43. The summed E-state index contributed by atoms with van der Waals surface area (Å²) in [6.07, 6.45) is -0.282. The van der Waals surface area contributed by atoms with Crippen molar-refractivity contribution in [1.29, 1.82) is 0 Å². The summed E-state index contributed by atoms with van der Waals surface area (Å²) in [6, 6.07) is 3.47. The Morgan fingerprint density at radius 2 is 1.33 bits per heavy atom. The minimum absolute atomic E-state index is 0.270. The van der Waals surface area contributed by atoms with E-state index in [0.717, 1.165) is 12.1 Å². The molecular weight excluding hydrogens is 296 g/mol. The van der Waals surface area contributed by atoms with Crippen LogP contribution in [0.5, 0.6) is 0 Å². The number of nitrogens with two attached hydrogens (primary N) is 1. The van der Waals surface area contributed by atoms with Crippen molar-refractivity contribution in [2.75, 3.05) is 0 Å². The number of hydrogen-bond donors (Lipinski definition) is 1. The van der Waals surface area contributed by atoms with E-state index in [-0.39, 0.29) is 12.0 Å². The molecule has 21 heavy (non-hydrogen) atoms. The molecule has 7 heteroatoms. The summed E-state index contributed by atoms with van der Waals surface area (Å²) < 4.78 is 79.2. The zero-order valence-corrected chi connectivity index (χ0v) is 10.4. The van der Waals surface area contributed by atoms with Crippen LogP contribution in [0.1, 0.15) is 17.2 Å². The van der Waals surface area contributed by atoms with Crippen LogP contribution in [0.25, 0.3) is 0 Å². The second kappa shape index (κ2) is 5.77. The predicted molar refractivity (Wildman–Crippen MR) is 63.3 cm³/mol. The highest BCUT2D eigenvalue weighted by Gasteiger charge is 2.28. The van der Waals surface area contributed by atoms with Crippen LogP contribution in [0, 0.1) is 34.9 Å². The zero-order chi connectivity index (χ0) is 15.7. The molecule has 2 aromatic carbocycles. The summed E-state index contributed by atoms with van der Waals surface area (Å²) in [5.74, 6) is -10.9. The van der Waals surface area contributed by atoms with Gasteiger partial charge in [0.2, 0.25) is 5.82 Å². The van der Waals surface area contributed by atoms with Gasteiger partial charge in [-0.25, -0.2) is 26.3 Å². The highest BCUT2D eigenvalue weighted by molar-refractivity contribution is 5.29. The Hall–Kier alpha value is -2.02. The molecule has 0 bridgehead atoms. The molecule has 0 aromatic heterocycles. The summed E-state index contributed by atoms with van der Waals surface area (Å²) in [6.45, 7) is 0. The third kappa shape index (κ3) is 2.87. The van der Waals surface area contributed by atoms with Gasteiger partial charge in [-0.15, -0.1) is 0 Å². The Balaban J connectivity index is 2.42. The van der Waals surface area contributed by atoms with Crippen molar-refractivity contribution in [2.45, 2.75) is 12.5 Å². The van der Waals surface area contributed by atoms with E-state index < -0.39 is 46.5 Å². The van der Waals surface area contributed by atoms with Crippen LogP contribution >= 0.6 is 0 Å². The molecule has 2 N–H and O–H groups in total. The molecule has 0 fully saturated rings. The molecule has 0 aliphatic rings. The van der Waals surface area contributed by atoms with E-state index in [1.165, 1.54) is 12.1 Å². The Bertz CT molecular complexity index is 656. The fraction of sp³-hybridized carbons (Fsp3) is 0.143. The molecule has 0 aliphatic carbocycles. The van der Waals surface area contributed by atoms with E-state index in [2.05, 4.69) is 0 Å². The first kappa shape index (κ1) is 15.4. The number of benzene rings is 2. The summed E-state index contributed by atoms with van der Waals surface area (Å²) in [5.41, 5.74) is 4.66. The Kier molecular flexibility index (Phi) is 4.22. The normalized spacial score (nSPS) is 12.5. The number of rotatable bonds is 3. The maximum atomic E-state index is 13.6. The first-order valence-electron chi connectivity index (χ1n) is 5.84. The monoisotopic (exact) mass is 305 g/mol. The van der Waals surface area contributed by atoms with E-state index in [1.807, 2.05) is 0 Å². The van der Waals surface area contributed by atoms with Crippen LogP contribution in [0.4, 0.5) is 26.3 Å². The molecule has 0 amide bonds. The topological polar surface area (TPSA) is 26.0 Å². The lowest BCUT2D eigenvalue weighted by molar-refractivity contribution is 0.363. The van der Waals surface area contributed by atoms with Crippen molar-refractivity contribution in [1.82, 2.24) is 0 Å². The maximum Gasteiger partial charge on any atom is 0.200 e. The van der Waals surface area contributed by atoms with E-state index in [4.69, 9.17) is 5.73 Å². The summed E-state index contributed by atoms with van der Waals surface area (Å²) in [5, 5.41) is 0. The predicted octanol–water partition coefficient (Wildman–Crippen LogP) is 3.76.